The van der Waals surface area contributed by atoms with Gasteiger partial charge in [-0.25, -0.2) is 4.98 Å². The van der Waals surface area contributed by atoms with Crippen LogP contribution in [0, 0.1) is 23.2 Å². The summed E-state index contributed by atoms with van der Waals surface area (Å²) in [5.41, 5.74) is 1.54. The highest BCUT2D eigenvalue weighted by Gasteiger charge is 2.54. The maximum Gasteiger partial charge on any atom is 0.274 e. The molecule has 2 aromatic rings. The number of carbonyl (C=O) groups is 2. The highest BCUT2D eigenvalue weighted by molar-refractivity contribution is 7.15. The van der Waals surface area contributed by atoms with Gasteiger partial charge in [0.1, 0.15) is 5.69 Å². The fourth-order valence-electron chi connectivity index (χ4n) is 6.21. The first kappa shape index (κ1) is 22.6. The van der Waals surface area contributed by atoms with Crippen molar-refractivity contribution in [2.45, 2.75) is 70.9 Å². The number of carbonyl (C=O) groups excluding carboxylic acids is 2. The van der Waals surface area contributed by atoms with E-state index in [1.54, 1.807) is 22.0 Å². The summed E-state index contributed by atoms with van der Waals surface area (Å²) >= 11 is 1.55. The SMILES string of the molecule is C[C@H](C(=O)NC1CC1)C1CC[C@@]2(C)Cc3sc(NC(=O)c4cccn4C)nc3[C@@H](C)[C@@H]2[C@H]1O. The molecule has 6 atom stereocenters. The predicted molar refractivity (Wildman–Crippen MR) is 128 cm³/mol. The summed E-state index contributed by atoms with van der Waals surface area (Å²) in [5.74, 6) is -0.227. The second kappa shape index (κ2) is 8.24. The van der Waals surface area contributed by atoms with Crippen molar-refractivity contribution in [3.8, 4) is 0 Å². The summed E-state index contributed by atoms with van der Waals surface area (Å²) < 4.78 is 1.79. The van der Waals surface area contributed by atoms with Gasteiger partial charge in [-0.2, -0.15) is 0 Å². The van der Waals surface area contributed by atoms with E-state index >= 15 is 0 Å². The Kier molecular flexibility index (Phi) is 5.64. The van der Waals surface area contributed by atoms with Crippen LogP contribution in [0.4, 0.5) is 5.13 Å². The Labute approximate surface area is 199 Å². The highest BCUT2D eigenvalue weighted by atomic mass is 32.1. The fourth-order valence-corrected chi connectivity index (χ4v) is 7.47. The van der Waals surface area contributed by atoms with E-state index in [0.717, 1.165) is 37.8 Å². The van der Waals surface area contributed by atoms with Crippen LogP contribution in [-0.4, -0.2) is 38.6 Å². The van der Waals surface area contributed by atoms with Crippen LogP contribution >= 0.6 is 11.3 Å². The van der Waals surface area contributed by atoms with Crippen molar-refractivity contribution in [1.29, 1.82) is 0 Å². The molecule has 8 heteroatoms. The number of aromatic nitrogens is 2. The normalized spacial score (nSPS) is 31.9. The molecule has 2 heterocycles. The van der Waals surface area contributed by atoms with Gasteiger partial charge in [0.25, 0.3) is 5.91 Å². The second-order valence-corrected chi connectivity index (χ2v) is 11.8. The minimum Gasteiger partial charge on any atom is -0.392 e. The number of aliphatic hydroxyl groups is 1. The number of amides is 2. The highest BCUT2D eigenvalue weighted by Crippen LogP contribution is 2.57. The van der Waals surface area contributed by atoms with Gasteiger partial charge in [0.15, 0.2) is 5.13 Å². The third kappa shape index (κ3) is 4.01. The topological polar surface area (TPSA) is 96.3 Å². The van der Waals surface area contributed by atoms with Crippen LogP contribution in [0.1, 0.15) is 73.4 Å². The lowest BCUT2D eigenvalue weighted by Crippen LogP contribution is -2.53. The number of aryl methyl sites for hydroxylation is 1. The largest absolute Gasteiger partial charge is 0.392 e. The minimum atomic E-state index is -0.546. The lowest BCUT2D eigenvalue weighted by molar-refractivity contribution is -0.134. The van der Waals surface area contributed by atoms with Crippen LogP contribution < -0.4 is 10.6 Å². The van der Waals surface area contributed by atoms with Gasteiger partial charge < -0.3 is 15.0 Å². The third-order valence-corrected chi connectivity index (χ3v) is 9.29. The number of fused-ring (bicyclic) bond motifs is 2. The van der Waals surface area contributed by atoms with E-state index in [0.29, 0.717) is 16.9 Å². The molecule has 0 saturated heterocycles. The van der Waals surface area contributed by atoms with E-state index in [1.165, 1.54) is 4.88 Å². The van der Waals surface area contributed by atoms with Crippen LogP contribution in [0.15, 0.2) is 18.3 Å². The molecule has 7 nitrogen and oxygen atoms in total. The molecule has 2 aromatic heterocycles. The average Bonchev–Trinajstić information content (AvgIpc) is 3.31. The van der Waals surface area contributed by atoms with Crippen molar-refractivity contribution in [1.82, 2.24) is 14.9 Å². The lowest BCUT2D eigenvalue weighted by Gasteiger charge is -2.53. The first-order valence-electron chi connectivity index (χ1n) is 12.1. The fraction of sp³-hybridized carbons (Fsp3) is 0.640. The Hall–Kier alpha value is -2.19. The Morgan fingerprint density at radius 3 is 2.76 bits per heavy atom. The molecule has 2 saturated carbocycles. The molecule has 0 spiro atoms. The average molecular weight is 471 g/mol. The van der Waals surface area contributed by atoms with E-state index in [-0.39, 0.29) is 40.9 Å². The van der Waals surface area contributed by atoms with Gasteiger partial charge in [0.05, 0.1) is 11.8 Å². The van der Waals surface area contributed by atoms with E-state index < -0.39 is 6.10 Å². The summed E-state index contributed by atoms with van der Waals surface area (Å²) in [6, 6.07) is 3.97. The number of nitrogens with one attached hydrogen (secondary N) is 2. The Bertz CT molecular complexity index is 1070. The molecule has 178 valence electrons. The van der Waals surface area contributed by atoms with E-state index in [9.17, 15) is 14.7 Å². The molecule has 0 bridgehead atoms. The summed E-state index contributed by atoms with van der Waals surface area (Å²) in [5, 5.41) is 18.2. The Morgan fingerprint density at radius 1 is 1.33 bits per heavy atom. The number of nitrogens with zero attached hydrogens (tertiary/aromatic N) is 2. The number of hydrogen-bond donors (Lipinski definition) is 3. The minimum absolute atomic E-state index is 0.0402. The van der Waals surface area contributed by atoms with Gasteiger partial charge in [0.2, 0.25) is 5.91 Å². The molecular formula is C25H34N4O3S. The zero-order chi connectivity index (χ0) is 23.5. The van der Waals surface area contributed by atoms with Crippen molar-refractivity contribution in [2.24, 2.45) is 30.2 Å². The molecule has 1 unspecified atom stereocenters. The summed E-state index contributed by atoms with van der Waals surface area (Å²) in [4.78, 5) is 31.4. The van der Waals surface area contributed by atoms with Gasteiger partial charge in [-0.05, 0) is 61.5 Å². The first-order chi connectivity index (χ1) is 15.7. The molecular weight excluding hydrogens is 436 g/mol. The quantitative estimate of drug-likeness (QED) is 0.621. The van der Waals surface area contributed by atoms with Crippen molar-refractivity contribution in [3.05, 3.63) is 34.6 Å². The van der Waals surface area contributed by atoms with Gasteiger partial charge in [-0.3, -0.25) is 14.9 Å². The molecule has 0 radical (unpaired) electrons. The molecule has 3 aliphatic rings. The van der Waals surface area contributed by atoms with Crippen LogP contribution in [0.5, 0.6) is 0 Å². The van der Waals surface area contributed by atoms with Crippen LogP contribution in [-0.2, 0) is 18.3 Å². The third-order valence-electron chi connectivity index (χ3n) is 8.30. The van der Waals surface area contributed by atoms with Crippen molar-refractivity contribution >= 4 is 28.3 Å². The molecule has 2 fully saturated rings. The molecule has 33 heavy (non-hydrogen) atoms. The van der Waals surface area contributed by atoms with Crippen molar-refractivity contribution < 1.29 is 14.7 Å². The number of thiazole rings is 1. The van der Waals surface area contributed by atoms with Crippen LogP contribution in [0.2, 0.25) is 0 Å². The smallest absolute Gasteiger partial charge is 0.274 e. The Balaban J connectivity index is 1.35. The van der Waals surface area contributed by atoms with Gasteiger partial charge in [-0.15, -0.1) is 11.3 Å². The zero-order valence-corrected chi connectivity index (χ0v) is 20.6. The maximum atomic E-state index is 12.7. The standard InChI is InChI=1S/C25H34N4O3S/c1-13(22(31)26-15-7-8-15)16-9-10-25(3)12-18-20(14(2)19(25)21(16)30)27-24(33-18)28-23(32)17-6-5-11-29(17)4/h5-6,11,13-16,19,21,30H,7-10,12H2,1-4H3,(H,26,31)(H,27,28,32)/t13-,14-,16?,19+,21-,25-/m0/s1. The molecule has 3 N–H and O–H groups in total. The van der Waals surface area contributed by atoms with Gasteiger partial charge >= 0.3 is 0 Å². The van der Waals surface area contributed by atoms with Gasteiger partial charge in [-0.1, -0.05) is 20.8 Å². The predicted octanol–water partition coefficient (Wildman–Crippen LogP) is 3.70. The number of rotatable bonds is 5. The molecule has 2 amide bonds. The lowest BCUT2D eigenvalue weighted by atomic mass is 9.53. The zero-order valence-electron chi connectivity index (χ0n) is 19.8. The maximum absolute atomic E-state index is 12.7. The summed E-state index contributed by atoms with van der Waals surface area (Å²) in [6.07, 6.45) is 6.12. The molecule has 3 aliphatic carbocycles. The van der Waals surface area contributed by atoms with Gasteiger partial charge in [0, 0.05) is 36.0 Å². The number of anilines is 1. The van der Waals surface area contributed by atoms with Crippen molar-refractivity contribution in [2.75, 3.05) is 5.32 Å². The molecule has 0 aromatic carbocycles. The second-order valence-electron chi connectivity index (χ2n) is 10.7. The monoisotopic (exact) mass is 470 g/mol. The Morgan fingerprint density at radius 2 is 2.09 bits per heavy atom. The van der Waals surface area contributed by atoms with E-state index in [4.69, 9.17) is 4.98 Å². The van der Waals surface area contributed by atoms with Crippen LogP contribution in [0.3, 0.4) is 0 Å². The summed E-state index contributed by atoms with van der Waals surface area (Å²) in [7, 11) is 1.85. The molecule has 5 rings (SSSR count). The molecule has 0 aliphatic heterocycles. The van der Waals surface area contributed by atoms with Crippen LogP contribution in [0.25, 0.3) is 0 Å². The van der Waals surface area contributed by atoms with E-state index in [2.05, 4.69) is 24.5 Å². The van der Waals surface area contributed by atoms with E-state index in [1.807, 2.05) is 26.2 Å². The summed E-state index contributed by atoms with van der Waals surface area (Å²) in [6.45, 7) is 6.38. The number of hydrogen-bond acceptors (Lipinski definition) is 5. The number of aliphatic hydroxyl groups excluding tert-OH is 1. The van der Waals surface area contributed by atoms with Crippen molar-refractivity contribution in [3.63, 3.8) is 0 Å². The first-order valence-corrected chi connectivity index (χ1v) is 12.9.